The van der Waals surface area contributed by atoms with Crippen LogP contribution in [0.5, 0.6) is 0 Å². The number of ether oxygens (including phenoxy) is 1. The van der Waals surface area contributed by atoms with E-state index in [2.05, 4.69) is 26.0 Å². The molecule has 0 aliphatic rings. The molecule has 0 rings (SSSR count). The van der Waals surface area contributed by atoms with Crippen LogP contribution in [0.25, 0.3) is 0 Å². The van der Waals surface area contributed by atoms with E-state index in [1.54, 1.807) is 0 Å². The van der Waals surface area contributed by atoms with E-state index in [0.717, 1.165) is 38.5 Å². The predicted molar refractivity (Wildman–Crippen MR) is 135 cm³/mol. The van der Waals surface area contributed by atoms with Crippen molar-refractivity contribution in [3.05, 3.63) is 12.2 Å². The van der Waals surface area contributed by atoms with Crippen LogP contribution in [-0.2, 0) is 14.3 Å². The molecular weight excluding hydrogens is 400 g/mol. The molecule has 0 aromatic heterocycles. The van der Waals surface area contributed by atoms with Gasteiger partial charge in [0.1, 0.15) is 6.10 Å². The van der Waals surface area contributed by atoms with E-state index in [1.807, 2.05) is 0 Å². The summed E-state index contributed by atoms with van der Waals surface area (Å²) in [5.41, 5.74) is 0. The van der Waals surface area contributed by atoms with E-state index in [0.29, 0.717) is 12.8 Å². The summed E-state index contributed by atoms with van der Waals surface area (Å²) in [6, 6.07) is 0. The van der Waals surface area contributed by atoms with Gasteiger partial charge < -0.3 is 9.84 Å². The Balaban J connectivity index is 3.68. The molecular formula is C28H52O4. The molecule has 32 heavy (non-hydrogen) atoms. The Morgan fingerprint density at radius 3 is 1.69 bits per heavy atom. The third kappa shape index (κ3) is 23.3. The van der Waals surface area contributed by atoms with Crippen molar-refractivity contribution in [2.45, 2.75) is 155 Å². The molecule has 4 heteroatoms. The number of allylic oxidation sites excluding steroid dienone is 2. The van der Waals surface area contributed by atoms with Gasteiger partial charge in [0.15, 0.2) is 0 Å². The Hall–Kier alpha value is -1.32. The Labute approximate surface area is 198 Å². The maximum Gasteiger partial charge on any atom is 0.307 e. The average molecular weight is 453 g/mol. The van der Waals surface area contributed by atoms with Crippen molar-refractivity contribution in [1.29, 1.82) is 0 Å². The lowest BCUT2D eigenvalue weighted by atomic mass is 10.1. The number of carboxylic acids is 1. The molecule has 0 aliphatic heterocycles. The van der Waals surface area contributed by atoms with E-state index < -0.39 is 12.1 Å². The topological polar surface area (TPSA) is 63.6 Å². The van der Waals surface area contributed by atoms with E-state index in [-0.39, 0.29) is 12.4 Å². The molecule has 0 amide bonds. The minimum Gasteiger partial charge on any atom is -0.481 e. The maximum absolute atomic E-state index is 12.1. The summed E-state index contributed by atoms with van der Waals surface area (Å²) in [6.45, 7) is 4.44. The fourth-order valence-electron chi connectivity index (χ4n) is 3.96. The number of hydrogen-bond acceptors (Lipinski definition) is 3. The number of carbonyl (C=O) groups excluding carboxylic acids is 1. The standard InChI is InChI=1S/C28H52O4/c1-3-5-7-9-11-12-13-14-15-16-17-18-20-22-24-28(31)32-26(25-27(29)30)23-21-19-10-8-6-4-2/h13-14,26H,3-12,15-25H2,1-2H3,(H,29,30)/b14-13-. The number of carbonyl (C=O) groups is 2. The van der Waals surface area contributed by atoms with Crippen molar-refractivity contribution in [2.24, 2.45) is 0 Å². The van der Waals surface area contributed by atoms with Crippen LogP contribution >= 0.6 is 0 Å². The molecule has 0 spiro atoms. The number of hydrogen-bond donors (Lipinski definition) is 1. The number of aliphatic carboxylic acids is 1. The van der Waals surface area contributed by atoms with Crippen molar-refractivity contribution < 1.29 is 19.4 Å². The minimum absolute atomic E-state index is 0.0764. The van der Waals surface area contributed by atoms with Crippen LogP contribution in [-0.4, -0.2) is 23.1 Å². The number of rotatable bonds is 24. The lowest BCUT2D eigenvalue weighted by Gasteiger charge is -2.16. The second-order valence-corrected chi connectivity index (χ2v) is 9.25. The molecule has 0 fully saturated rings. The third-order valence-corrected chi connectivity index (χ3v) is 5.97. The minimum atomic E-state index is -0.890. The van der Waals surface area contributed by atoms with Crippen LogP contribution in [0.3, 0.4) is 0 Å². The summed E-state index contributed by atoms with van der Waals surface area (Å²) in [6.07, 6.45) is 26.6. The van der Waals surface area contributed by atoms with Gasteiger partial charge in [0.05, 0.1) is 6.42 Å². The van der Waals surface area contributed by atoms with Crippen LogP contribution in [0.15, 0.2) is 12.2 Å². The predicted octanol–water partition coefficient (Wildman–Crippen LogP) is 8.77. The fourth-order valence-corrected chi connectivity index (χ4v) is 3.96. The number of carboxylic acid groups (broad SMARTS) is 1. The SMILES string of the molecule is CCCCCCC/C=C\CCCCCCCC(=O)OC(CCCCCCCC)CC(=O)O. The van der Waals surface area contributed by atoms with Gasteiger partial charge in [-0.15, -0.1) is 0 Å². The fraction of sp³-hybridized carbons (Fsp3) is 0.857. The molecule has 188 valence electrons. The first-order chi connectivity index (χ1) is 15.6. The summed E-state index contributed by atoms with van der Waals surface area (Å²) >= 11 is 0. The Morgan fingerprint density at radius 1 is 0.688 bits per heavy atom. The summed E-state index contributed by atoms with van der Waals surface area (Å²) < 4.78 is 5.47. The summed E-state index contributed by atoms with van der Waals surface area (Å²) in [7, 11) is 0. The summed E-state index contributed by atoms with van der Waals surface area (Å²) in [5.74, 6) is -1.12. The smallest absolute Gasteiger partial charge is 0.307 e. The lowest BCUT2D eigenvalue weighted by molar-refractivity contribution is -0.153. The van der Waals surface area contributed by atoms with Crippen LogP contribution < -0.4 is 0 Å². The Kier molecular flexibility index (Phi) is 23.3. The van der Waals surface area contributed by atoms with E-state index in [4.69, 9.17) is 9.84 Å². The highest BCUT2D eigenvalue weighted by molar-refractivity contribution is 5.71. The zero-order valence-corrected chi connectivity index (χ0v) is 21.3. The summed E-state index contributed by atoms with van der Waals surface area (Å²) in [4.78, 5) is 23.2. The van der Waals surface area contributed by atoms with Gasteiger partial charge in [-0.1, -0.05) is 103 Å². The first kappa shape index (κ1) is 30.7. The van der Waals surface area contributed by atoms with Crippen molar-refractivity contribution >= 4 is 11.9 Å². The number of esters is 1. The highest BCUT2D eigenvalue weighted by atomic mass is 16.5. The lowest BCUT2D eigenvalue weighted by Crippen LogP contribution is -2.21. The summed E-state index contributed by atoms with van der Waals surface area (Å²) in [5, 5.41) is 9.08. The highest BCUT2D eigenvalue weighted by Crippen LogP contribution is 2.15. The molecule has 0 aliphatic carbocycles. The zero-order chi connectivity index (χ0) is 23.7. The van der Waals surface area contributed by atoms with Gasteiger partial charge in [0.25, 0.3) is 0 Å². The van der Waals surface area contributed by atoms with Gasteiger partial charge in [0.2, 0.25) is 0 Å². The van der Waals surface area contributed by atoms with E-state index in [1.165, 1.54) is 77.0 Å². The molecule has 0 bridgehead atoms. The zero-order valence-electron chi connectivity index (χ0n) is 21.3. The molecule has 0 aromatic rings. The van der Waals surface area contributed by atoms with E-state index in [9.17, 15) is 9.59 Å². The van der Waals surface area contributed by atoms with Gasteiger partial charge in [-0.2, -0.15) is 0 Å². The van der Waals surface area contributed by atoms with Crippen LogP contribution in [0.2, 0.25) is 0 Å². The van der Waals surface area contributed by atoms with Crippen molar-refractivity contribution in [3.63, 3.8) is 0 Å². The maximum atomic E-state index is 12.1. The molecule has 0 saturated heterocycles. The molecule has 0 heterocycles. The van der Waals surface area contributed by atoms with Crippen molar-refractivity contribution in [1.82, 2.24) is 0 Å². The van der Waals surface area contributed by atoms with Crippen LogP contribution in [0.1, 0.15) is 149 Å². The quantitative estimate of drug-likeness (QED) is 0.0902. The highest BCUT2D eigenvalue weighted by Gasteiger charge is 2.17. The first-order valence-electron chi connectivity index (χ1n) is 13.7. The van der Waals surface area contributed by atoms with Crippen LogP contribution in [0.4, 0.5) is 0 Å². The second kappa shape index (κ2) is 24.3. The Morgan fingerprint density at radius 2 is 1.16 bits per heavy atom. The molecule has 1 unspecified atom stereocenters. The monoisotopic (exact) mass is 452 g/mol. The molecule has 1 N–H and O–H groups in total. The molecule has 0 radical (unpaired) electrons. The molecule has 1 atom stereocenters. The first-order valence-corrected chi connectivity index (χ1v) is 13.7. The van der Waals surface area contributed by atoms with Gasteiger partial charge in [-0.3, -0.25) is 9.59 Å². The van der Waals surface area contributed by atoms with Crippen molar-refractivity contribution in [2.75, 3.05) is 0 Å². The normalized spacial score (nSPS) is 12.3. The van der Waals surface area contributed by atoms with Gasteiger partial charge in [0, 0.05) is 6.42 Å². The second-order valence-electron chi connectivity index (χ2n) is 9.25. The third-order valence-electron chi connectivity index (χ3n) is 5.97. The van der Waals surface area contributed by atoms with E-state index >= 15 is 0 Å². The van der Waals surface area contributed by atoms with Gasteiger partial charge >= 0.3 is 11.9 Å². The number of unbranched alkanes of at least 4 members (excludes halogenated alkanes) is 15. The van der Waals surface area contributed by atoms with Crippen LogP contribution in [0, 0.1) is 0 Å². The molecule has 0 aromatic carbocycles. The largest absolute Gasteiger partial charge is 0.481 e. The molecule has 0 saturated carbocycles. The van der Waals surface area contributed by atoms with Gasteiger partial charge in [-0.05, 0) is 44.9 Å². The van der Waals surface area contributed by atoms with Gasteiger partial charge in [-0.25, -0.2) is 0 Å². The molecule has 4 nitrogen and oxygen atoms in total. The average Bonchev–Trinajstić information content (AvgIpc) is 2.76. The Bertz CT molecular complexity index is 458. The van der Waals surface area contributed by atoms with Crippen molar-refractivity contribution in [3.8, 4) is 0 Å².